The maximum Gasteiger partial charge on any atom is 0.125 e. The minimum absolute atomic E-state index is 0.124. The van der Waals surface area contributed by atoms with Gasteiger partial charge in [0.1, 0.15) is 5.82 Å². The van der Waals surface area contributed by atoms with Gasteiger partial charge in [0, 0.05) is 12.6 Å². The van der Waals surface area contributed by atoms with Gasteiger partial charge in [-0.05, 0) is 30.5 Å². The maximum absolute atomic E-state index is 13.0. The van der Waals surface area contributed by atoms with Crippen LogP contribution in [-0.2, 0) is 0 Å². The summed E-state index contributed by atoms with van der Waals surface area (Å²) < 4.78 is 13.0. The molecule has 1 unspecified atom stereocenters. The zero-order valence-corrected chi connectivity index (χ0v) is 10.4. The lowest BCUT2D eigenvalue weighted by atomic mass is 10.0. The summed E-state index contributed by atoms with van der Waals surface area (Å²) in [5, 5.41) is 3.69. The van der Waals surface area contributed by atoms with Crippen molar-refractivity contribution in [3.63, 3.8) is 0 Å². The Morgan fingerprint density at radius 2 is 2.12 bits per heavy atom. The number of hydrogen-bond donors (Lipinski definition) is 2. The minimum Gasteiger partial charge on any atom is -0.380 e. The highest BCUT2D eigenvalue weighted by molar-refractivity contribution is 6.33. The Morgan fingerprint density at radius 1 is 1.44 bits per heavy atom. The number of rotatable bonds is 5. The highest BCUT2D eigenvalue weighted by Crippen LogP contribution is 2.24. The first-order valence-corrected chi connectivity index (χ1v) is 5.82. The van der Waals surface area contributed by atoms with E-state index in [1.54, 1.807) is 6.07 Å². The predicted octanol–water partition coefficient (Wildman–Crippen LogP) is 3.26. The van der Waals surface area contributed by atoms with E-state index in [2.05, 4.69) is 19.2 Å². The number of benzene rings is 1. The fourth-order valence-corrected chi connectivity index (χ4v) is 1.78. The molecule has 1 aromatic carbocycles. The standard InChI is InChI=1S/C12H18ClFN2/c1-8(2)5-10(7-15)16-12-6-9(14)3-4-11(12)13/h3-4,6,8,10,16H,5,7,15H2,1-2H3. The number of nitrogens with one attached hydrogen (secondary N) is 1. The van der Waals surface area contributed by atoms with Crippen LogP contribution < -0.4 is 11.1 Å². The SMILES string of the molecule is CC(C)CC(CN)Nc1cc(F)ccc1Cl. The van der Waals surface area contributed by atoms with Gasteiger partial charge in [-0.2, -0.15) is 0 Å². The van der Waals surface area contributed by atoms with Crippen LogP contribution in [0.3, 0.4) is 0 Å². The van der Waals surface area contributed by atoms with E-state index in [0.29, 0.717) is 23.2 Å². The Labute approximate surface area is 101 Å². The molecule has 1 atom stereocenters. The fourth-order valence-electron chi connectivity index (χ4n) is 1.61. The van der Waals surface area contributed by atoms with Gasteiger partial charge in [0.05, 0.1) is 10.7 Å². The maximum atomic E-state index is 13.0. The second kappa shape index (κ2) is 6.06. The number of nitrogens with two attached hydrogens (primary N) is 1. The van der Waals surface area contributed by atoms with E-state index in [0.717, 1.165) is 6.42 Å². The summed E-state index contributed by atoms with van der Waals surface area (Å²) >= 11 is 5.96. The van der Waals surface area contributed by atoms with Gasteiger partial charge in [-0.1, -0.05) is 25.4 Å². The molecular formula is C12H18ClFN2. The molecule has 0 aliphatic heterocycles. The molecule has 0 bridgehead atoms. The van der Waals surface area contributed by atoms with Gasteiger partial charge < -0.3 is 11.1 Å². The molecule has 0 aliphatic rings. The highest BCUT2D eigenvalue weighted by atomic mass is 35.5. The summed E-state index contributed by atoms with van der Waals surface area (Å²) in [7, 11) is 0. The fraction of sp³-hybridized carbons (Fsp3) is 0.500. The van der Waals surface area contributed by atoms with E-state index < -0.39 is 0 Å². The molecule has 1 rings (SSSR count). The third kappa shape index (κ3) is 3.99. The van der Waals surface area contributed by atoms with E-state index >= 15 is 0 Å². The van der Waals surface area contributed by atoms with E-state index in [4.69, 9.17) is 17.3 Å². The number of anilines is 1. The van der Waals surface area contributed by atoms with Crippen LogP contribution in [0.2, 0.25) is 5.02 Å². The van der Waals surface area contributed by atoms with Crippen molar-refractivity contribution >= 4 is 17.3 Å². The van der Waals surface area contributed by atoms with Crippen LogP contribution in [0, 0.1) is 11.7 Å². The molecule has 0 saturated heterocycles. The molecule has 2 nitrogen and oxygen atoms in total. The zero-order chi connectivity index (χ0) is 12.1. The quantitative estimate of drug-likeness (QED) is 0.834. The van der Waals surface area contributed by atoms with Crippen molar-refractivity contribution in [2.45, 2.75) is 26.3 Å². The largest absolute Gasteiger partial charge is 0.380 e. The van der Waals surface area contributed by atoms with Crippen LogP contribution in [-0.4, -0.2) is 12.6 Å². The summed E-state index contributed by atoms with van der Waals surface area (Å²) in [6.45, 7) is 4.75. The summed E-state index contributed by atoms with van der Waals surface area (Å²) in [6.07, 6.45) is 0.934. The molecule has 0 amide bonds. The summed E-state index contributed by atoms with van der Waals surface area (Å²) in [6, 6.07) is 4.40. The molecule has 3 N–H and O–H groups in total. The molecule has 90 valence electrons. The van der Waals surface area contributed by atoms with Gasteiger partial charge in [0.15, 0.2) is 0 Å². The Hall–Kier alpha value is -0.800. The molecule has 4 heteroatoms. The smallest absolute Gasteiger partial charge is 0.125 e. The van der Waals surface area contributed by atoms with Crippen LogP contribution in [0.1, 0.15) is 20.3 Å². The Bertz CT molecular complexity index is 342. The normalized spacial score (nSPS) is 12.9. The molecule has 0 saturated carbocycles. The second-order valence-corrected chi connectivity index (χ2v) is 4.74. The third-order valence-electron chi connectivity index (χ3n) is 2.33. The summed E-state index contributed by atoms with van der Waals surface area (Å²) in [5.41, 5.74) is 6.27. The van der Waals surface area contributed by atoms with Gasteiger partial charge in [0.2, 0.25) is 0 Å². The first-order valence-electron chi connectivity index (χ1n) is 5.44. The van der Waals surface area contributed by atoms with Crippen LogP contribution in [0.15, 0.2) is 18.2 Å². The molecule has 0 spiro atoms. The molecule has 0 fully saturated rings. The molecule has 0 aromatic heterocycles. The monoisotopic (exact) mass is 244 g/mol. The van der Waals surface area contributed by atoms with E-state index in [-0.39, 0.29) is 11.9 Å². The minimum atomic E-state index is -0.299. The zero-order valence-electron chi connectivity index (χ0n) is 9.63. The van der Waals surface area contributed by atoms with Crippen molar-refractivity contribution in [3.05, 3.63) is 29.0 Å². The Kier molecular flexibility index (Phi) is 5.03. The molecule has 0 aliphatic carbocycles. The van der Waals surface area contributed by atoms with Crippen molar-refractivity contribution in [1.29, 1.82) is 0 Å². The van der Waals surface area contributed by atoms with Gasteiger partial charge in [-0.15, -0.1) is 0 Å². The highest BCUT2D eigenvalue weighted by Gasteiger charge is 2.11. The van der Waals surface area contributed by atoms with Crippen molar-refractivity contribution in [3.8, 4) is 0 Å². The van der Waals surface area contributed by atoms with Gasteiger partial charge >= 0.3 is 0 Å². The molecule has 0 radical (unpaired) electrons. The second-order valence-electron chi connectivity index (χ2n) is 4.33. The average Bonchev–Trinajstić information content (AvgIpc) is 2.21. The summed E-state index contributed by atoms with van der Waals surface area (Å²) in [5.74, 6) is 0.237. The van der Waals surface area contributed by atoms with Crippen molar-refractivity contribution in [2.24, 2.45) is 11.7 Å². The van der Waals surface area contributed by atoms with Crippen LogP contribution in [0.5, 0.6) is 0 Å². The lowest BCUT2D eigenvalue weighted by Gasteiger charge is -2.20. The first kappa shape index (κ1) is 13.3. The lowest BCUT2D eigenvalue weighted by Crippen LogP contribution is -2.30. The first-order chi connectivity index (χ1) is 7.52. The van der Waals surface area contributed by atoms with Crippen molar-refractivity contribution in [2.75, 3.05) is 11.9 Å². The predicted molar refractivity (Wildman–Crippen MR) is 67.3 cm³/mol. The van der Waals surface area contributed by atoms with Crippen molar-refractivity contribution in [1.82, 2.24) is 0 Å². The van der Waals surface area contributed by atoms with E-state index in [9.17, 15) is 4.39 Å². The summed E-state index contributed by atoms with van der Waals surface area (Å²) in [4.78, 5) is 0. The van der Waals surface area contributed by atoms with Crippen LogP contribution >= 0.6 is 11.6 Å². The topological polar surface area (TPSA) is 38.0 Å². The number of hydrogen-bond acceptors (Lipinski definition) is 2. The van der Waals surface area contributed by atoms with Gasteiger partial charge in [-0.3, -0.25) is 0 Å². The lowest BCUT2D eigenvalue weighted by molar-refractivity contribution is 0.521. The average molecular weight is 245 g/mol. The number of halogens is 2. The van der Waals surface area contributed by atoms with Gasteiger partial charge in [0.25, 0.3) is 0 Å². The third-order valence-corrected chi connectivity index (χ3v) is 2.66. The molecule has 1 aromatic rings. The molecular weight excluding hydrogens is 227 g/mol. The van der Waals surface area contributed by atoms with Crippen LogP contribution in [0.25, 0.3) is 0 Å². The molecule has 0 heterocycles. The molecule has 16 heavy (non-hydrogen) atoms. The Morgan fingerprint density at radius 3 is 2.69 bits per heavy atom. The van der Waals surface area contributed by atoms with Crippen molar-refractivity contribution < 1.29 is 4.39 Å². The van der Waals surface area contributed by atoms with Crippen LogP contribution in [0.4, 0.5) is 10.1 Å². The van der Waals surface area contributed by atoms with Gasteiger partial charge in [-0.25, -0.2) is 4.39 Å². The van der Waals surface area contributed by atoms with E-state index in [1.165, 1.54) is 12.1 Å². The Balaban J connectivity index is 2.73. The van der Waals surface area contributed by atoms with E-state index in [1.807, 2.05) is 0 Å².